The van der Waals surface area contributed by atoms with E-state index in [1.165, 1.54) is 0 Å². The number of carbonyl (C=O) groups is 3. The van der Waals surface area contributed by atoms with Gasteiger partial charge in [0, 0.05) is 25.1 Å². The van der Waals surface area contributed by atoms with Gasteiger partial charge in [-0.2, -0.15) is 0 Å². The normalized spacial score (nSPS) is 23.4. The van der Waals surface area contributed by atoms with Gasteiger partial charge in [-0.1, -0.05) is 48.5 Å². The van der Waals surface area contributed by atoms with Crippen molar-refractivity contribution >= 4 is 18.0 Å². The van der Waals surface area contributed by atoms with Gasteiger partial charge < -0.3 is 24.8 Å². The lowest BCUT2D eigenvalue weighted by molar-refractivity contribution is -0.148. The maximum atomic E-state index is 13.2. The summed E-state index contributed by atoms with van der Waals surface area (Å²) in [5, 5.41) is 12.1. The van der Waals surface area contributed by atoms with Gasteiger partial charge in [0.2, 0.25) is 0 Å². The molecule has 0 saturated carbocycles. The molecule has 2 N–H and O–H groups in total. The van der Waals surface area contributed by atoms with E-state index >= 15 is 0 Å². The largest absolute Gasteiger partial charge is 0.481 e. The van der Waals surface area contributed by atoms with Crippen LogP contribution in [-0.4, -0.2) is 65.9 Å². The van der Waals surface area contributed by atoms with Gasteiger partial charge in [-0.3, -0.25) is 9.59 Å². The number of fused-ring (bicyclic) bond motifs is 3. The molecule has 3 aliphatic rings. The van der Waals surface area contributed by atoms with E-state index in [0.29, 0.717) is 26.0 Å². The predicted octanol–water partition coefficient (Wildman–Crippen LogP) is 3.54. The van der Waals surface area contributed by atoms with Crippen molar-refractivity contribution in [2.45, 2.75) is 56.2 Å². The fourth-order valence-electron chi connectivity index (χ4n) is 5.64. The zero-order chi connectivity index (χ0) is 24.4. The van der Waals surface area contributed by atoms with Crippen LogP contribution in [0.4, 0.5) is 4.79 Å². The lowest BCUT2D eigenvalue weighted by atomic mass is 9.97. The molecule has 184 valence electrons. The topological polar surface area (TPSA) is 105 Å². The van der Waals surface area contributed by atoms with Crippen molar-refractivity contribution < 1.29 is 29.0 Å². The number of rotatable bonds is 6. The third kappa shape index (κ3) is 4.75. The number of nitrogens with zero attached hydrogens (tertiary/aromatic N) is 1. The summed E-state index contributed by atoms with van der Waals surface area (Å²) in [5.74, 6) is -1.22. The van der Waals surface area contributed by atoms with E-state index in [2.05, 4.69) is 29.6 Å². The highest BCUT2D eigenvalue weighted by Gasteiger charge is 2.41. The number of piperidine rings is 1. The van der Waals surface area contributed by atoms with Crippen molar-refractivity contribution in [3.63, 3.8) is 0 Å². The summed E-state index contributed by atoms with van der Waals surface area (Å²) in [4.78, 5) is 38.9. The summed E-state index contributed by atoms with van der Waals surface area (Å²) < 4.78 is 11.3. The van der Waals surface area contributed by atoms with Gasteiger partial charge in [0.1, 0.15) is 6.61 Å². The number of likely N-dealkylation sites (tertiary alicyclic amines) is 1. The van der Waals surface area contributed by atoms with E-state index < -0.39 is 24.2 Å². The highest BCUT2D eigenvalue weighted by molar-refractivity contribution is 5.84. The Morgan fingerprint density at radius 1 is 1.00 bits per heavy atom. The SMILES string of the molecule is O=C(O)CC1CCCCN1C(=O)[C@H]1OCC[C@H]1NC(=O)OCC1c2ccccc2-c2ccccc21. The van der Waals surface area contributed by atoms with Crippen LogP contribution in [0.25, 0.3) is 11.1 Å². The number of benzene rings is 2. The Bertz CT molecular complexity index is 1070. The molecule has 0 aromatic heterocycles. The van der Waals surface area contributed by atoms with Gasteiger partial charge in [-0.05, 0) is 47.9 Å². The second-order valence-electron chi connectivity index (χ2n) is 9.44. The van der Waals surface area contributed by atoms with E-state index in [1.807, 2.05) is 24.3 Å². The highest BCUT2D eigenvalue weighted by Crippen LogP contribution is 2.44. The minimum atomic E-state index is -0.921. The quantitative estimate of drug-likeness (QED) is 0.658. The molecule has 0 spiro atoms. The highest BCUT2D eigenvalue weighted by atomic mass is 16.6. The average molecular weight is 479 g/mol. The standard InChI is InChI=1S/C27H30N2O6/c30-24(31)15-17-7-5-6-13-29(17)26(32)25-23(12-14-34-25)28-27(33)35-16-22-20-10-3-1-8-18(20)19-9-2-4-11-21(19)22/h1-4,8-11,17,22-23,25H,5-7,12-16H2,(H,28,33)(H,30,31)/t17?,23-,25+/m1/s1. The Balaban J connectivity index is 1.22. The smallest absolute Gasteiger partial charge is 0.407 e. The molecule has 2 amide bonds. The molecule has 5 rings (SSSR count). The number of nitrogens with one attached hydrogen (secondary N) is 1. The van der Waals surface area contributed by atoms with Crippen LogP contribution in [0.5, 0.6) is 0 Å². The first-order chi connectivity index (χ1) is 17.0. The molecule has 2 aromatic carbocycles. The van der Waals surface area contributed by atoms with Gasteiger partial charge in [0.25, 0.3) is 5.91 Å². The fraction of sp³-hybridized carbons (Fsp3) is 0.444. The molecule has 3 atom stereocenters. The number of carbonyl (C=O) groups excluding carboxylic acids is 2. The Kier molecular flexibility index (Phi) is 6.72. The lowest BCUT2D eigenvalue weighted by Gasteiger charge is -2.37. The summed E-state index contributed by atoms with van der Waals surface area (Å²) >= 11 is 0. The molecule has 2 heterocycles. The van der Waals surface area contributed by atoms with Crippen LogP contribution >= 0.6 is 0 Å². The summed E-state index contributed by atoms with van der Waals surface area (Å²) in [7, 11) is 0. The maximum Gasteiger partial charge on any atom is 0.407 e. The van der Waals surface area contributed by atoms with Crippen molar-refractivity contribution in [2.24, 2.45) is 0 Å². The van der Waals surface area contributed by atoms with E-state index in [4.69, 9.17) is 9.47 Å². The molecule has 0 radical (unpaired) electrons. The van der Waals surface area contributed by atoms with Gasteiger partial charge in [-0.25, -0.2) is 4.79 Å². The zero-order valence-electron chi connectivity index (χ0n) is 19.5. The van der Waals surface area contributed by atoms with Gasteiger partial charge in [0.15, 0.2) is 6.10 Å². The number of hydrogen-bond donors (Lipinski definition) is 2. The van der Waals surface area contributed by atoms with Gasteiger partial charge in [0.05, 0.1) is 12.5 Å². The van der Waals surface area contributed by atoms with Crippen LogP contribution in [0.3, 0.4) is 0 Å². The number of ether oxygens (including phenoxy) is 2. The lowest BCUT2D eigenvalue weighted by Crippen LogP contribution is -2.54. The molecule has 2 fully saturated rings. The summed E-state index contributed by atoms with van der Waals surface area (Å²) in [6.45, 7) is 1.05. The van der Waals surface area contributed by atoms with Crippen LogP contribution in [0, 0.1) is 0 Å². The third-order valence-electron chi connectivity index (χ3n) is 7.30. The molecule has 8 nitrogen and oxygen atoms in total. The van der Waals surface area contributed by atoms with Crippen molar-refractivity contribution in [1.29, 1.82) is 0 Å². The minimum Gasteiger partial charge on any atom is -0.481 e. The minimum absolute atomic E-state index is 0.0458. The van der Waals surface area contributed by atoms with Crippen molar-refractivity contribution in [3.8, 4) is 11.1 Å². The first kappa shape index (κ1) is 23.4. The van der Waals surface area contributed by atoms with E-state index in [-0.39, 0.29) is 30.9 Å². The third-order valence-corrected chi connectivity index (χ3v) is 7.30. The van der Waals surface area contributed by atoms with Crippen molar-refractivity contribution in [1.82, 2.24) is 10.2 Å². The van der Waals surface area contributed by atoms with E-state index in [0.717, 1.165) is 35.1 Å². The van der Waals surface area contributed by atoms with Gasteiger partial charge in [-0.15, -0.1) is 0 Å². The second-order valence-corrected chi connectivity index (χ2v) is 9.44. The molecule has 0 bridgehead atoms. The number of carboxylic acids is 1. The van der Waals surface area contributed by atoms with E-state index in [1.54, 1.807) is 4.90 Å². The number of hydrogen-bond acceptors (Lipinski definition) is 5. The summed E-state index contributed by atoms with van der Waals surface area (Å²) in [6.07, 6.45) is 1.40. The number of alkyl carbamates (subject to hydrolysis) is 1. The zero-order valence-corrected chi connectivity index (χ0v) is 19.5. The first-order valence-electron chi connectivity index (χ1n) is 12.3. The molecule has 1 unspecified atom stereocenters. The molecule has 8 heteroatoms. The second kappa shape index (κ2) is 10.1. The predicted molar refractivity (Wildman–Crippen MR) is 128 cm³/mol. The fourth-order valence-corrected chi connectivity index (χ4v) is 5.64. The summed E-state index contributed by atoms with van der Waals surface area (Å²) in [6, 6.07) is 15.4. The van der Waals surface area contributed by atoms with E-state index in [9.17, 15) is 19.5 Å². The molecule has 2 aromatic rings. The first-order valence-corrected chi connectivity index (χ1v) is 12.3. The number of aliphatic carboxylic acids is 1. The Hall–Kier alpha value is -3.39. The maximum absolute atomic E-state index is 13.2. The van der Waals surface area contributed by atoms with Crippen LogP contribution in [0.2, 0.25) is 0 Å². The van der Waals surface area contributed by atoms with Crippen LogP contribution in [0.15, 0.2) is 48.5 Å². The Morgan fingerprint density at radius 3 is 2.37 bits per heavy atom. The monoisotopic (exact) mass is 478 g/mol. The molecule has 35 heavy (non-hydrogen) atoms. The molecule has 2 aliphatic heterocycles. The Labute approximate surface area is 204 Å². The van der Waals surface area contributed by atoms with Crippen molar-refractivity contribution in [2.75, 3.05) is 19.8 Å². The molecule has 2 saturated heterocycles. The number of carboxylic acid groups (broad SMARTS) is 1. The van der Waals surface area contributed by atoms with Crippen molar-refractivity contribution in [3.05, 3.63) is 59.7 Å². The average Bonchev–Trinajstić information content (AvgIpc) is 3.45. The van der Waals surface area contributed by atoms with Crippen LogP contribution in [0.1, 0.15) is 49.1 Å². The summed E-state index contributed by atoms with van der Waals surface area (Å²) in [5.41, 5.74) is 4.58. The molecule has 1 aliphatic carbocycles. The van der Waals surface area contributed by atoms with Crippen LogP contribution in [-0.2, 0) is 19.1 Å². The molecular formula is C27H30N2O6. The molecular weight excluding hydrogens is 448 g/mol. The number of amides is 2. The van der Waals surface area contributed by atoms with Crippen LogP contribution < -0.4 is 5.32 Å². The van der Waals surface area contributed by atoms with Gasteiger partial charge >= 0.3 is 12.1 Å². The Morgan fingerprint density at radius 2 is 1.69 bits per heavy atom.